The number of Topliss-reactive ketones (excluding diaryl/α,β-unsaturated/α-hetero) is 1. The number of carbonyl (C=O) groups excluding carboxylic acids is 2. The van der Waals surface area contributed by atoms with Crippen LogP contribution in [0, 0.1) is 23.2 Å². The van der Waals surface area contributed by atoms with E-state index in [0.717, 1.165) is 44.1 Å². The number of fused-ring (bicyclic) bond motifs is 5. The van der Waals surface area contributed by atoms with Crippen molar-refractivity contribution in [3.63, 3.8) is 0 Å². The number of carbonyl (C=O) groups is 2. The van der Waals surface area contributed by atoms with Crippen molar-refractivity contribution in [1.29, 1.82) is 0 Å². The lowest BCUT2D eigenvalue weighted by Gasteiger charge is -2.48. The maximum absolute atomic E-state index is 12.8. The third kappa shape index (κ3) is 3.02. The molecule has 2 aromatic rings. The van der Waals surface area contributed by atoms with Gasteiger partial charge in [-0.3, -0.25) is 4.79 Å². The van der Waals surface area contributed by atoms with Crippen molar-refractivity contribution in [2.45, 2.75) is 51.6 Å². The van der Waals surface area contributed by atoms with Crippen LogP contribution >= 0.6 is 0 Å². The molecule has 0 aliphatic heterocycles. The van der Waals surface area contributed by atoms with Crippen LogP contribution in [-0.4, -0.2) is 12.1 Å². The van der Waals surface area contributed by atoms with Crippen molar-refractivity contribution >= 4 is 12.1 Å². The van der Waals surface area contributed by atoms with Crippen LogP contribution in [0.4, 0.5) is 0 Å². The molecule has 0 radical (unpaired) electrons. The van der Waals surface area contributed by atoms with Crippen LogP contribution in [-0.2, 0) is 22.6 Å². The molecule has 1 unspecified atom stereocenters. The molecule has 0 spiro atoms. The molecular weight excluding hydrogens is 360 g/mol. The fourth-order valence-corrected chi connectivity index (χ4v) is 6.37. The molecule has 3 nitrogen and oxygen atoms in total. The lowest BCUT2D eigenvalue weighted by Crippen LogP contribution is -2.42. The molecule has 2 fully saturated rings. The highest BCUT2D eigenvalue weighted by Gasteiger charge is 2.57. The van der Waals surface area contributed by atoms with Crippen molar-refractivity contribution in [3.8, 4) is 5.75 Å². The van der Waals surface area contributed by atoms with E-state index in [0.29, 0.717) is 24.4 Å². The van der Waals surface area contributed by atoms with Crippen LogP contribution in [0.25, 0.3) is 0 Å². The Bertz CT molecular complexity index is 934. The standard InChI is InChI=1S/C26H28O3/c1-26-12-11-22-21-10-8-20(29-16-17-5-3-2-4-6-17)13-18(21)7-9-23(22)24(26)14-19(15-27)25(26)28/h2-6,8,10,13,15,19,22-24H,7,9,11-12,14,16H2,1H3/t19?,22-,23-,24+,26+/m1/s1. The maximum Gasteiger partial charge on any atom is 0.149 e. The number of rotatable bonds is 4. The summed E-state index contributed by atoms with van der Waals surface area (Å²) < 4.78 is 6.04. The number of hydrogen-bond acceptors (Lipinski definition) is 3. The molecular formula is C26H28O3. The molecule has 3 heteroatoms. The first-order chi connectivity index (χ1) is 14.1. The largest absolute Gasteiger partial charge is 0.489 e. The van der Waals surface area contributed by atoms with Gasteiger partial charge in [0, 0.05) is 5.41 Å². The molecule has 0 bridgehead atoms. The Kier molecular flexibility index (Phi) is 4.57. The fourth-order valence-electron chi connectivity index (χ4n) is 6.37. The first-order valence-corrected chi connectivity index (χ1v) is 10.9. The van der Waals surface area contributed by atoms with Crippen LogP contribution in [0.5, 0.6) is 5.75 Å². The molecule has 0 aromatic heterocycles. The van der Waals surface area contributed by atoms with E-state index in [1.54, 1.807) is 0 Å². The summed E-state index contributed by atoms with van der Waals surface area (Å²) in [5, 5.41) is 0. The number of hydrogen-bond donors (Lipinski definition) is 0. The summed E-state index contributed by atoms with van der Waals surface area (Å²) in [6.45, 7) is 2.71. The van der Waals surface area contributed by atoms with Crippen molar-refractivity contribution in [2.24, 2.45) is 23.2 Å². The normalized spacial score (nSPS) is 32.8. The maximum atomic E-state index is 12.8. The van der Waals surface area contributed by atoms with Gasteiger partial charge in [-0.1, -0.05) is 43.3 Å². The molecule has 0 N–H and O–H groups in total. The topological polar surface area (TPSA) is 43.4 Å². The molecule has 3 aliphatic rings. The molecule has 0 saturated heterocycles. The molecule has 2 aromatic carbocycles. The van der Waals surface area contributed by atoms with Gasteiger partial charge in [-0.2, -0.15) is 0 Å². The van der Waals surface area contributed by atoms with Gasteiger partial charge in [0.1, 0.15) is 24.4 Å². The molecule has 150 valence electrons. The number of aldehydes is 1. The second-order valence-corrected chi connectivity index (χ2v) is 9.35. The Morgan fingerprint density at radius 3 is 2.76 bits per heavy atom. The van der Waals surface area contributed by atoms with Crippen LogP contribution in [0.1, 0.15) is 55.2 Å². The number of aryl methyl sites for hydroxylation is 1. The predicted molar refractivity (Wildman–Crippen MR) is 112 cm³/mol. The van der Waals surface area contributed by atoms with E-state index < -0.39 is 0 Å². The van der Waals surface area contributed by atoms with E-state index in [1.165, 1.54) is 16.7 Å². The van der Waals surface area contributed by atoms with Crippen LogP contribution < -0.4 is 4.74 Å². The second kappa shape index (κ2) is 7.12. The summed E-state index contributed by atoms with van der Waals surface area (Å²) >= 11 is 0. The SMILES string of the molecule is C[C@]12CC[C@@H]3c4ccc(OCc5ccccc5)cc4CC[C@H]3[C@@H]1CC(C=O)C2=O. The van der Waals surface area contributed by atoms with Gasteiger partial charge >= 0.3 is 0 Å². The van der Waals surface area contributed by atoms with Crippen molar-refractivity contribution in [3.05, 3.63) is 65.2 Å². The smallest absolute Gasteiger partial charge is 0.149 e. The first kappa shape index (κ1) is 18.6. The lowest BCUT2D eigenvalue weighted by molar-refractivity contribution is -0.133. The van der Waals surface area contributed by atoms with Gasteiger partial charge in [-0.05, 0) is 78.7 Å². The summed E-state index contributed by atoms with van der Waals surface area (Å²) in [6, 6.07) is 16.8. The average molecular weight is 389 g/mol. The quantitative estimate of drug-likeness (QED) is 0.540. The van der Waals surface area contributed by atoms with Gasteiger partial charge in [0.05, 0.1) is 5.92 Å². The summed E-state index contributed by atoms with van der Waals surface area (Å²) in [5.74, 6) is 2.14. The Morgan fingerprint density at radius 1 is 1.14 bits per heavy atom. The average Bonchev–Trinajstić information content (AvgIpc) is 3.03. The lowest BCUT2D eigenvalue weighted by atomic mass is 9.55. The number of ketones is 1. The highest BCUT2D eigenvalue weighted by atomic mass is 16.5. The minimum atomic E-state index is -0.376. The monoisotopic (exact) mass is 388 g/mol. The van der Waals surface area contributed by atoms with E-state index in [9.17, 15) is 9.59 Å². The van der Waals surface area contributed by atoms with E-state index in [-0.39, 0.29) is 17.1 Å². The number of benzene rings is 2. The minimum Gasteiger partial charge on any atom is -0.489 e. The van der Waals surface area contributed by atoms with Crippen molar-refractivity contribution in [2.75, 3.05) is 0 Å². The zero-order valence-electron chi connectivity index (χ0n) is 17.0. The zero-order valence-corrected chi connectivity index (χ0v) is 17.0. The Morgan fingerprint density at radius 2 is 1.97 bits per heavy atom. The zero-order chi connectivity index (χ0) is 20.0. The van der Waals surface area contributed by atoms with E-state index >= 15 is 0 Å². The van der Waals surface area contributed by atoms with Gasteiger partial charge in [-0.25, -0.2) is 0 Å². The highest BCUT2D eigenvalue weighted by molar-refractivity contribution is 5.99. The summed E-state index contributed by atoms with van der Waals surface area (Å²) in [7, 11) is 0. The predicted octanol–water partition coefficient (Wildman–Crippen LogP) is 5.12. The number of ether oxygens (including phenoxy) is 1. The van der Waals surface area contributed by atoms with Crippen LogP contribution in [0.15, 0.2) is 48.5 Å². The van der Waals surface area contributed by atoms with Gasteiger partial charge in [0.2, 0.25) is 0 Å². The van der Waals surface area contributed by atoms with Crippen LogP contribution in [0.3, 0.4) is 0 Å². The van der Waals surface area contributed by atoms with E-state index in [2.05, 4.69) is 37.3 Å². The molecule has 0 heterocycles. The Balaban J connectivity index is 1.36. The van der Waals surface area contributed by atoms with Gasteiger partial charge < -0.3 is 9.53 Å². The van der Waals surface area contributed by atoms with Crippen molar-refractivity contribution < 1.29 is 14.3 Å². The third-order valence-corrected chi connectivity index (χ3v) is 7.91. The summed E-state index contributed by atoms with van der Waals surface area (Å²) in [4.78, 5) is 24.2. The molecule has 0 amide bonds. The fraction of sp³-hybridized carbons (Fsp3) is 0.462. The molecule has 3 aliphatic carbocycles. The van der Waals surface area contributed by atoms with E-state index in [4.69, 9.17) is 4.74 Å². The molecule has 5 atom stereocenters. The molecule has 29 heavy (non-hydrogen) atoms. The summed E-state index contributed by atoms with van der Waals surface area (Å²) in [5.41, 5.74) is 3.73. The van der Waals surface area contributed by atoms with E-state index in [1.807, 2.05) is 18.2 Å². The second-order valence-electron chi connectivity index (χ2n) is 9.35. The first-order valence-electron chi connectivity index (χ1n) is 10.9. The van der Waals surface area contributed by atoms with Crippen LogP contribution in [0.2, 0.25) is 0 Å². The highest BCUT2D eigenvalue weighted by Crippen LogP contribution is 2.60. The Labute approximate surface area is 172 Å². The van der Waals surface area contributed by atoms with Gasteiger partial charge in [-0.15, -0.1) is 0 Å². The minimum absolute atomic E-state index is 0.200. The third-order valence-electron chi connectivity index (χ3n) is 7.91. The van der Waals surface area contributed by atoms with Crippen molar-refractivity contribution in [1.82, 2.24) is 0 Å². The molecule has 5 rings (SSSR count). The van der Waals surface area contributed by atoms with Gasteiger partial charge in [0.25, 0.3) is 0 Å². The van der Waals surface area contributed by atoms with Gasteiger partial charge in [0.15, 0.2) is 0 Å². The Hall–Kier alpha value is -2.42. The summed E-state index contributed by atoms with van der Waals surface area (Å²) in [6.07, 6.45) is 5.76. The molecule has 2 saturated carbocycles.